The number of carboxylic acids is 1. The fraction of sp³-hybridized carbons (Fsp3) is 0.417. The maximum Gasteiger partial charge on any atom is 0.336 e. The summed E-state index contributed by atoms with van der Waals surface area (Å²) in [6.07, 6.45) is 0.957. The van der Waals surface area contributed by atoms with Crippen LogP contribution in [0.4, 0.5) is 0 Å². The summed E-state index contributed by atoms with van der Waals surface area (Å²) >= 11 is 0. The molecule has 1 aromatic carbocycles. The van der Waals surface area contributed by atoms with Crippen LogP contribution < -0.4 is 0 Å². The molecule has 1 aliphatic rings. The van der Waals surface area contributed by atoms with Crippen molar-refractivity contribution in [2.45, 2.75) is 25.4 Å². The Labute approximate surface area is 88.7 Å². The predicted molar refractivity (Wildman–Crippen MR) is 55.8 cm³/mol. The monoisotopic (exact) mass is 206 g/mol. The number of rotatable bonds is 3. The minimum atomic E-state index is -1.03. The van der Waals surface area contributed by atoms with Crippen molar-refractivity contribution in [3.63, 3.8) is 0 Å². The molecule has 0 atom stereocenters. The number of ether oxygens (including phenoxy) is 1. The molecule has 1 aliphatic carbocycles. The molecular formula is C12H14O3. The highest BCUT2D eigenvalue weighted by molar-refractivity contribution is 5.80. The summed E-state index contributed by atoms with van der Waals surface area (Å²) < 4.78 is 5.43. The van der Waals surface area contributed by atoms with Crippen LogP contribution in [-0.2, 0) is 22.4 Å². The number of aliphatic carboxylic acids is 1. The normalized spacial score (nSPS) is 17.4. The van der Waals surface area contributed by atoms with E-state index in [-0.39, 0.29) is 0 Å². The van der Waals surface area contributed by atoms with E-state index in [1.54, 1.807) is 0 Å². The second kappa shape index (κ2) is 3.66. The van der Waals surface area contributed by atoms with E-state index in [4.69, 9.17) is 4.74 Å². The van der Waals surface area contributed by atoms with Gasteiger partial charge >= 0.3 is 5.97 Å². The second-order valence-corrected chi connectivity index (χ2v) is 3.85. The number of hydrogen-bond donors (Lipinski definition) is 1. The molecular weight excluding hydrogens is 192 g/mol. The lowest BCUT2D eigenvalue weighted by Gasteiger charge is -2.23. The van der Waals surface area contributed by atoms with E-state index >= 15 is 0 Å². The van der Waals surface area contributed by atoms with Crippen LogP contribution in [0.3, 0.4) is 0 Å². The number of hydrogen-bond acceptors (Lipinski definition) is 2. The van der Waals surface area contributed by atoms with Gasteiger partial charge in [-0.3, -0.25) is 0 Å². The summed E-state index contributed by atoms with van der Waals surface area (Å²) in [4.78, 5) is 11.3. The number of fused-ring (bicyclic) bond motifs is 1. The fourth-order valence-electron chi connectivity index (χ4n) is 2.17. The van der Waals surface area contributed by atoms with Gasteiger partial charge in [0.1, 0.15) is 0 Å². The summed E-state index contributed by atoms with van der Waals surface area (Å²) in [5.74, 6) is -0.861. The van der Waals surface area contributed by atoms with Gasteiger partial charge in [0, 0.05) is 19.4 Å². The van der Waals surface area contributed by atoms with Crippen molar-refractivity contribution >= 4 is 5.97 Å². The van der Waals surface area contributed by atoms with E-state index in [1.807, 2.05) is 31.2 Å². The first-order valence-corrected chi connectivity index (χ1v) is 5.12. The van der Waals surface area contributed by atoms with E-state index in [9.17, 15) is 9.90 Å². The minimum Gasteiger partial charge on any atom is -0.479 e. The lowest BCUT2D eigenvalue weighted by Crippen LogP contribution is -2.42. The lowest BCUT2D eigenvalue weighted by molar-refractivity contribution is -0.164. The zero-order valence-corrected chi connectivity index (χ0v) is 8.69. The fourth-order valence-corrected chi connectivity index (χ4v) is 2.17. The second-order valence-electron chi connectivity index (χ2n) is 3.85. The van der Waals surface area contributed by atoms with Crippen LogP contribution in [0, 0.1) is 0 Å². The summed E-state index contributed by atoms with van der Waals surface area (Å²) in [6, 6.07) is 7.81. The summed E-state index contributed by atoms with van der Waals surface area (Å²) in [6.45, 7) is 2.26. The van der Waals surface area contributed by atoms with Crippen LogP contribution in [0.15, 0.2) is 24.3 Å². The Kier molecular flexibility index (Phi) is 2.49. The van der Waals surface area contributed by atoms with Gasteiger partial charge in [-0.1, -0.05) is 24.3 Å². The van der Waals surface area contributed by atoms with Gasteiger partial charge in [0.15, 0.2) is 5.60 Å². The average Bonchev–Trinajstić information content (AvgIpc) is 2.57. The molecule has 0 unspecified atom stereocenters. The SMILES string of the molecule is CCOC1(C(=O)O)Cc2ccccc2C1. The Morgan fingerprint density at radius 2 is 1.93 bits per heavy atom. The molecule has 0 saturated carbocycles. The molecule has 80 valence electrons. The van der Waals surface area contributed by atoms with E-state index in [0.717, 1.165) is 11.1 Å². The third-order valence-corrected chi connectivity index (χ3v) is 2.88. The highest BCUT2D eigenvalue weighted by Gasteiger charge is 2.44. The molecule has 0 spiro atoms. The van der Waals surface area contributed by atoms with Gasteiger partial charge in [-0.05, 0) is 18.1 Å². The Bertz CT molecular complexity index is 359. The Morgan fingerprint density at radius 3 is 2.33 bits per heavy atom. The largest absolute Gasteiger partial charge is 0.479 e. The van der Waals surface area contributed by atoms with Crippen molar-refractivity contribution < 1.29 is 14.6 Å². The summed E-state index contributed by atoms with van der Waals surface area (Å²) in [5.41, 5.74) is 1.15. The van der Waals surface area contributed by atoms with E-state index in [0.29, 0.717) is 19.4 Å². The molecule has 0 saturated heterocycles. The van der Waals surface area contributed by atoms with Crippen molar-refractivity contribution in [2.24, 2.45) is 0 Å². The van der Waals surface area contributed by atoms with Crippen molar-refractivity contribution in [3.8, 4) is 0 Å². The first kappa shape index (κ1) is 10.2. The molecule has 0 fully saturated rings. The van der Waals surface area contributed by atoms with Gasteiger partial charge in [0.25, 0.3) is 0 Å². The van der Waals surface area contributed by atoms with Crippen LogP contribution in [0.5, 0.6) is 0 Å². The smallest absolute Gasteiger partial charge is 0.336 e. The molecule has 0 bridgehead atoms. The van der Waals surface area contributed by atoms with Crippen LogP contribution in [-0.4, -0.2) is 23.3 Å². The number of carboxylic acid groups (broad SMARTS) is 1. The molecule has 3 heteroatoms. The first-order valence-electron chi connectivity index (χ1n) is 5.12. The molecule has 0 aromatic heterocycles. The average molecular weight is 206 g/mol. The molecule has 0 aliphatic heterocycles. The third-order valence-electron chi connectivity index (χ3n) is 2.88. The van der Waals surface area contributed by atoms with Crippen molar-refractivity contribution in [3.05, 3.63) is 35.4 Å². The highest BCUT2D eigenvalue weighted by Crippen LogP contribution is 2.33. The number of carbonyl (C=O) groups is 1. The number of benzene rings is 1. The standard InChI is InChI=1S/C12H14O3/c1-2-15-12(11(13)14)7-9-5-3-4-6-10(9)8-12/h3-6H,2,7-8H2,1H3,(H,13,14). The highest BCUT2D eigenvalue weighted by atomic mass is 16.5. The van der Waals surface area contributed by atoms with Gasteiger partial charge < -0.3 is 9.84 Å². The van der Waals surface area contributed by atoms with Gasteiger partial charge in [-0.15, -0.1) is 0 Å². The molecule has 2 rings (SSSR count). The quantitative estimate of drug-likeness (QED) is 0.817. The van der Waals surface area contributed by atoms with Gasteiger partial charge in [0.2, 0.25) is 0 Å². The first-order chi connectivity index (χ1) is 7.18. The molecule has 0 heterocycles. The molecule has 1 N–H and O–H groups in total. The third kappa shape index (κ3) is 1.63. The Morgan fingerprint density at radius 1 is 1.40 bits per heavy atom. The zero-order chi connectivity index (χ0) is 10.9. The topological polar surface area (TPSA) is 46.5 Å². The summed E-state index contributed by atoms with van der Waals surface area (Å²) in [7, 11) is 0. The molecule has 0 radical (unpaired) electrons. The predicted octanol–water partition coefficient (Wildman–Crippen LogP) is 1.65. The maximum atomic E-state index is 11.3. The molecule has 15 heavy (non-hydrogen) atoms. The van der Waals surface area contributed by atoms with Crippen LogP contribution in [0.1, 0.15) is 18.1 Å². The maximum absolute atomic E-state index is 11.3. The van der Waals surface area contributed by atoms with Crippen LogP contribution in [0.2, 0.25) is 0 Å². The van der Waals surface area contributed by atoms with Crippen molar-refractivity contribution in [1.82, 2.24) is 0 Å². The van der Waals surface area contributed by atoms with Crippen molar-refractivity contribution in [2.75, 3.05) is 6.61 Å². The van der Waals surface area contributed by atoms with E-state index in [1.165, 1.54) is 0 Å². The van der Waals surface area contributed by atoms with E-state index in [2.05, 4.69) is 0 Å². The Hall–Kier alpha value is -1.35. The van der Waals surface area contributed by atoms with Crippen LogP contribution >= 0.6 is 0 Å². The van der Waals surface area contributed by atoms with Crippen LogP contribution in [0.25, 0.3) is 0 Å². The van der Waals surface area contributed by atoms with Crippen molar-refractivity contribution in [1.29, 1.82) is 0 Å². The molecule has 0 amide bonds. The van der Waals surface area contributed by atoms with Gasteiger partial charge in [-0.2, -0.15) is 0 Å². The summed E-state index contributed by atoms with van der Waals surface area (Å²) in [5, 5.41) is 9.24. The lowest BCUT2D eigenvalue weighted by atomic mass is 10.0. The van der Waals surface area contributed by atoms with E-state index < -0.39 is 11.6 Å². The Balaban J connectivity index is 2.32. The molecule has 1 aromatic rings. The van der Waals surface area contributed by atoms with Gasteiger partial charge in [0.05, 0.1) is 0 Å². The minimum absolute atomic E-state index is 0.431. The van der Waals surface area contributed by atoms with Gasteiger partial charge in [-0.25, -0.2) is 4.79 Å². The zero-order valence-electron chi connectivity index (χ0n) is 8.69. The molecule has 3 nitrogen and oxygen atoms in total.